The van der Waals surface area contributed by atoms with Crippen LogP contribution in [0.2, 0.25) is 0 Å². The molecular formula is C25H31N3O3. The number of carbonyl (C=O) groups is 2. The van der Waals surface area contributed by atoms with Crippen LogP contribution in [-0.2, 0) is 4.79 Å². The number of ether oxygens (including phenoxy) is 1. The van der Waals surface area contributed by atoms with E-state index in [0.29, 0.717) is 30.7 Å². The number of para-hydroxylation sites is 1. The molecule has 2 atom stereocenters. The van der Waals surface area contributed by atoms with Gasteiger partial charge in [-0.25, -0.2) is 4.98 Å². The summed E-state index contributed by atoms with van der Waals surface area (Å²) in [7, 11) is 0. The Hall–Kier alpha value is -2.89. The lowest BCUT2D eigenvalue weighted by molar-refractivity contribution is -0.130. The van der Waals surface area contributed by atoms with E-state index in [1.165, 1.54) is 0 Å². The Bertz CT molecular complexity index is 909. The van der Waals surface area contributed by atoms with Crippen molar-refractivity contribution in [3.63, 3.8) is 0 Å². The minimum absolute atomic E-state index is 0.00270. The van der Waals surface area contributed by atoms with Crippen LogP contribution in [0.4, 0.5) is 0 Å². The van der Waals surface area contributed by atoms with Crippen LogP contribution in [-0.4, -0.2) is 59.4 Å². The lowest BCUT2D eigenvalue weighted by Crippen LogP contribution is -2.40. The van der Waals surface area contributed by atoms with Crippen molar-refractivity contribution in [1.82, 2.24) is 14.8 Å². The van der Waals surface area contributed by atoms with E-state index in [-0.39, 0.29) is 17.7 Å². The molecule has 0 bridgehead atoms. The highest BCUT2D eigenvalue weighted by Gasteiger charge is 2.41. The summed E-state index contributed by atoms with van der Waals surface area (Å²) in [6.07, 6.45) is 1.97. The fraction of sp³-hybridized carbons (Fsp3) is 0.480. The topological polar surface area (TPSA) is 62.7 Å². The Labute approximate surface area is 184 Å². The molecular weight excluding hydrogens is 390 g/mol. The average molecular weight is 422 g/mol. The number of benzene rings is 1. The number of hydrogen-bond donors (Lipinski definition) is 0. The van der Waals surface area contributed by atoms with Gasteiger partial charge in [0.2, 0.25) is 5.91 Å². The second-order valence-electron chi connectivity index (χ2n) is 8.77. The molecule has 6 heteroatoms. The molecule has 31 heavy (non-hydrogen) atoms. The van der Waals surface area contributed by atoms with E-state index in [9.17, 15) is 9.59 Å². The normalized spacial score (nSPS) is 21.9. The van der Waals surface area contributed by atoms with Crippen molar-refractivity contribution < 1.29 is 14.3 Å². The van der Waals surface area contributed by atoms with E-state index in [1.54, 1.807) is 13.0 Å². The highest BCUT2D eigenvalue weighted by Crippen LogP contribution is 2.36. The number of aromatic nitrogens is 1. The molecule has 6 nitrogen and oxygen atoms in total. The minimum atomic E-state index is -0.00270. The predicted molar refractivity (Wildman–Crippen MR) is 119 cm³/mol. The standard InChI is InChI=1S/C25H31N3O3/c1-18-7-6-10-24(26-18)25(30)28-15-21(17-31-22-8-4-3-5-9-22)23(16-28)20-11-13-27(14-12-20)19(2)29/h3-10,20-21,23H,11-17H2,1-2H3/t21-,23-/m0/s1. The summed E-state index contributed by atoms with van der Waals surface area (Å²) in [5.74, 6) is 2.13. The largest absolute Gasteiger partial charge is 0.493 e. The zero-order valence-corrected chi connectivity index (χ0v) is 18.4. The van der Waals surface area contributed by atoms with Gasteiger partial charge in [-0.2, -0.15) is 0 Å². The van der Waals surface area contributed by atoms with Crippen LogP contribution in [0.25, 0.3) is 0 Å². The molecule has 1 aromatic heterocycles. The highest BCUT2D eigenvalue weighted by atomic mass is 16.5. The maximum Gasteiger partial charge on any atom is 0.272 e. The third-order valence-corrected chi connectivity index (χ3v) is 6.68. The summed E-state index contributed by atoms with van der Waals surface area (Å²) in [5.41, 5.74) is 1.36. The van der Waals surface area contributed by atoms with E-state index >= 15 is 0 Å². The molecule has 2 amide bonds. The Kier molecular flexibility index (Phi) is 6.54. The number of carbonyl (C=O) groups excluding carboxylic acids is 2. The first kappa shape index (κ1) is 21.3. The van der Waals surface area contributed by atoms with Crippen molar-refractivity contribution in [2.24, 2.45) is 17.8 Å². The van der Waals surface area contributed by atoms with Gasteiger partial charge in [0.05, 0.1) is 6.61 Å². The van der Waals surface area contributed by atoms with Crippen LogP contribution in [0.5, 0.6) is 5.75 Å². The Morgan fingerprint density at radius 3 is 2.42 bits per heavy atom. The number of rotatable bonds is 5. The van der Waals surface area contributed by atoms with Gasteiger partial charge in [0.15, 0.2) is 0 Å². The molecule has 2 aliphatic rings. The SMILES string of the molecule is CC(=O)N1CCC([C@@H]2CN(C(=O)c3cccc(C)n3)C[C@H]2COc2ccccc2)CC1. The first-order valence-corrected chi connectivity index (χ1v) is 11.2. The van der Waals surface area contributed by atoms with Crippen LogP contribution < -0.4 is 4.74 Å². The summed E-state index contributed by atoms with van der Waals surface area (Å²) < 4.78 is 6.11. The smallest absolute Gasteiger partial charge is 0.272 e. The van der Waals surface area contributed by atoms with Gasteiger partial charge in [-0.3, -0.25) is 9.59 Å². The van der Waals surface area contributed by atoms with Crippen molar-refractivity contribution in [1.29, 1.82) is 0 Å². The van der Waals surface area contributed by atoms with Crippen molar-refractivity contribution >= 4 is 11.8 Å². The van der Waals surface area contributed by atoms with Crippen LogP contribution in [0.3, 0.4) is 0 Å². The lowest BCUT2D eigenvalue weighted by atomic mass is 9.78. The van der Waals surface area contributed by atoms with Gasteiger partial charge in [-0.05, 0) is 55.9 Å². The summed E-state index contributed by atoms with van der Waals surface area (Å²) in [6, 6.07) is 15.4. The summed E-state index contributed by atoms with van der Waals surface area (Å²) in [6.45, 7) is 7.14. The summed E-state index contributed by atoms with van der Waals surface area (Å²) in [4.78, 5) is 33.2. The molecule has 2 saturated heterocycles. The zero-order chi connectivity index (χ0) is 21.8. The average Bonchev–Trinajstić information content (AvgIpc) is 3.22. The van der Waals surface area contributed by atoms with Crippen molar-refractivity contribution in [2.45, 2.75) is 26.7 Å². The van der Waals surface area contributed by atoms with Gasteiger partial charge < -0.3 is 14.5 Å². The number of aryl methyl sites for hydroxylation is 1. The molecule has 0 unspecified atom stereocenters. The van der Waals surface area contributed by atoms with Gasteiger partial charge in [-0.15, -0.1) is 0 Å². The Balaban J connectivity index is 1.47. The first-order chi connectivity index (χ1) is 15.0. The zero-order valence-electron chi connectivity index (χ0n) is 18.4. The molecule has 2 aliphatic heterocycles. The van der Waals surface area contributed by atoms with Gasteiger partial charge in [0, 0.05) is 44.7 Å². The molecule has 164 valence electrons. The van der Waals surface area contributed by atoms with Crippen LogP contribution >= 0.6 is 0 Å². The summed E-state index contributed by atoms with van der Waals surface area (Å²) >= 11 is 0. The minimum Gasteiger partial charge on any atom is -0.493 e. The molecule has 0 aliphatic carbocycles. The van der Waals surface area contributed by atoms with E-state index in [1.807, 2.05) is 59.2 Å². The number of piperidine rings is 1. The Morgan fingerprint density at radius 1 is 1.00 bits per heavy atom. The molecule has 3 heterocycles. The molecule has 4 rings (SSSR count). The summed E-state index contributed by atoms with van der Waals surface area (Å²) in [5, 5.41) is 0. The van der Waals surface area contributed by atoms with E-state index in [0.717, 1.165) is 43.9 Å². The van der Waals surface area contributed by atoms with Crippen molar-refractivity contribution in [3.05, 3.63) is 59.9 Å². The molecule has 0 N–H and O–H groups in total. The maximum absolute atomic E-state index is 13.2. The van der Waals surface area contributed by atoms with Crippen LogP contribution in [0.1, 0.15) is 35.9 Å². The number of hydrogen-bond acceptors (Lipinski definition) is 4. The molecule has 1 aromatic carbocycles. The predicted octanol–water partition coefficient (Wildman–Crippen LogP) is 3.42. The first-order valence-electron chi connectivity index (χ1n) is 11.2. The van der Waals surface area contributed by atoms with E-state index in [2.05, 4.69) is 4.98 Å². The fourth-order valence-electron chi connectivity index (χ4n) is 4.96. The molecule has 0 saturated carbocycles. The van der Waals surface area contributed by atoms with E-state index < -0.39 is 0 Å². The molecule has 0 radical (unpaired) electrons. The Morgan fingerprint density at radius 2 is 1.74 bits per heavy atom. The van der Waals surface area contributed by atoms with Crippen molar-refractivity contribution in [2.75, 3.05) is 32.8 Å². The molecule has 0 spiro atoms. The van der Waals surface area contributed by atoms with Gasteiger partial charge >= 0.3 is 0 Å². The monoisotopic (exact) mass is 421 g/mol. The number of amides is 2. The van der Waals surface area contributed by atoms with Gasteiger partial charge in [0.1, 0.15) is 11.4 Å². The second-order valence-corrected chi connectivity index (χ2v) is 8.77. The number of pyridine rings is 1. The highest BCUT2D eigenvalue weighted by molar-refractivity contribution is 5.92. The third kappa shape index (κ3) is 5.06. The van der Waals surface area contributed by atoms with Crippen LogP contribution in [0.15, 0.2) is 48.5 Å². The van der Waals surface area contributed by atoms with Crippen LogP contribution in [0, 0.1) is 24.7 Å². The van der Waals surface area contributed by atoms with Gasteiger partial charge in [0.25, 0.3) is 5.91 Å². The quantitative estimate of drug-likeness (QED) is 0.742. The van der Waals surface area contributed by atoms with Crippen molar-refractivity contribution in [3.8, 4) is 5.75 Å². The number of likely N-dealkylation sites (tertiary alicyclic amines) is 2. The fourth-order valence-corrected chi connectivity index (χ4v) is 4.96. The molecule has 2 fully saturated rings. The second kappa shape index (κ2) is 9.50. The number of nitrogens with zero attached hydrogens (tertiary/aromatic N) is 3. The maximum atomic E-state index is 13.2. The molecule has 2 aromatic rings. The van der Waals surface area contributed by atoms with Gasteiger partial charge in [-0.1, -0.05) is 24.3 Å². The third-order valence-electron chi connectivity index (χ3n) is 6.68. The van der Waals surface area contributed by atoms with E-state index in [4.69, 9.17) is 4.74 Å². The lowest BCUT2D eigenvalue weighted by Gasteiger charge is -2.36.